The van der Waals surface area contributed by atoms with Crippen molar-refractivity contribution < 1.29 is 4.74 Å². The summed E-state index contributed by atoms with van der Waals surface area (Å²) in [7, 11) is 0. The standard InChI is InChI=1S/C16H25NO/c1-11(2)18-15-6-4-5-13(10-15)16(17)14-8-7-12(3)9-14/h4-6,10-12,14,16H,7-9,17H2,1-3H3. The summed E-state index contributed by atoms with van der Waals surface area (Å²) in [5, 5.41) is 0. The van der Waals surface area contributed by atoms with E-state index < -0.39 is 0 Å². The van der Waals surface area contributed by atoms with Crippen LogP contribution in [-0.4, -0.2) is 6.10 Å². The number of rotatable bonds is 4. The van der Waals surface area contributed by atoms with Crippen molar-refractivity contribution in [2.45, 2.75) is 52.2 Å². The zero-order valence-corrected chi connectivity index (χ0v) is 11.7. The van der Waals surface area contributed by atoms with E-state index in [1.807, 2.05) is 26.0 Å². The highest BCUT2D eigenvalue weighted by atomic mass is 16.5. The topological polar surface area (TPSA) is 35.2 Å². The Morgan fingerprint density at radius 1 is 1.28 bits per heavy atom. The number of hydrogen-bond donors (Lipinski definition) is 1. The molecule has 1 aromatic rings. The highest BCUT2D eigenvalue weighted by Crippen LogP contribution is 2.38. The van der Waals surface area contributed by atoms with Crippen molar-refractivity contribution >= 4 is 0 Å². The molecule has 0 heterocycles. The normalized spacial score (nSPS) is 25.4. The van der Waals surface area contributed by atoms with Gasteiger partial charge in [0.1, 0.15) is 5.75 Å². The molecule has 1 saturated carbocycles. The van der Waals surface area contributed by atoms with E-state index in [0.29, 0.717) is 5.92 Å². The molecule has 0 amide bonds. The fourth-order valence-electron chi connectivity index (χ4n) is 2.92. The predicted octanol–water partition coefficient (Wildman–Crippen LogP) is 3.91. The molecule has 2 rings (SSSR count). The van der Waals surface area contributed by atoms with Gasteiger partial charge in [0.25, 0.3) is 0 Å². The molecule has 3 atom stereocenters. The summed E-state index contributed by atoms with van der Waals surface area (Å²) in [5.74, 6) is 2.40. The third-order valence-corrected chi connectivity index (χ3v) is 3.86. The minimum atomic E-state index is 0.158. The van der Waals surface area contributed by atoms with Gasteiger partial charge in [-0.15, -0.1) is 0 Å². The second-order valence-electron chi connectivity index (χ2n) is 5.94. The van der Waals surface area contributed by atoms with Gasteiger partial charge < -0.3 is 10.5 Å². The van der Waals surface area contributed by atoms with Crippen LogP contribution in [0.3, 0.4) is 0 Å². The van der Waals surface area contributed by atoms with Crippen molar-refractivity contribution in [3.05, 3.63) is 29.8 Å². The van der Waals surface area contributed by atoms with E-state index in [-0.39, 0.29) is 12.1 Å². The molecule has 1 aromatic carbocycles. The van der Waals surface area contributed by atoms with Crippen LogP contribution in [0.25, 0.3) is 0 Å². The lowest BCUT2D eigenvalue weighted by Gasteiger charge is -2.20. The molecule has 2 heteroatoms. The molecule has 2 N–H and O–H groups in total. The third-order valence-electron chi connectivity index (χ3n) is 3.86. The molecule has 1 aliphatic rings. The van der Waals surface area contributed by atoms with E-state index in [4.69, 9.17) is 10.5 Å². The van der Waals surface area contributed by atoms with Crippen LogP contribution in [-0.2, 0) is 0 Å². The largest absolute Gasteiger partial charge is 0.491 e. The molecule has 2 nitrogen and oxygen atoms in total. The van der Waals surface area contributed by atoms with E-state index in [1.165, 1.54) is 24.8 Å². The second-order valence-corrected chi connectivity index (χ2v) is 5.94. The first-order valence-corrected chi connectivity index (χ1v) is 7.08. The van der Waals surface area contributed by atoms with Crippen LogP contribution in [0.5, 0.6) is 5.75 Å². The molecule has 0 aromatic heterocycles. The van der Waals surface area contributed by atoms with E-state index in [1.54, 1.807) is 0 Å². The van der Waals surface area contributed by atoms with Crippen molar-refractivity contribution in [3.8, 4) is 5.75 Å². The van der Waals surface area contributed by atoms with Crippen LogP contribution in [0.4, 0.5) is 0 Å². The highest BCUT2D eigenvalue weighted by Gasteiger charge is 2.27. The van der Waals surface area contributed by atoms with E-state index in [9.17, 15) is 0 Å². The van der Waals surface area contributed by atoms with Crippen molar-refractivity contribution in [2.24, 2.45) is 17.6 Å². The lowest BCUT2D eigenvalue weighted by Crippen LogP contribution is -2.19. The summed E-state index contributed by atoms with van der Waals surface area (Å²) in [4.78, 5) is 0. The second kappa shape index (κ2) is 5.75. The van der Waals surface area contributed by atoms with E-state index in [2.05, 4.69) is 19.1 Å². The minimum absolute atomic E-state index is 0.158. The molecule has 0 saturated heterocycles. The average molecular weight is 247 g/mol. The van der Waals surface area contributed by atoms with Crippen LogP contribution < -0.4 is 10.5 Å². The highest BCUT2D eigenvalue weighted by molar-refractivity contribution is 5.31. The maximum Gasteiger partial charge on any atom is 0.120 e. The van der Waals surface area contributed by atoms with Gasteiger partial charge in [-0.3, -0.25) is 0 Å². The summed E-state index contributed by atoms with van der Waals surface area (Å²) in [6, 6.07) is 8.44. The Hall–Kier alpha value is -1.02. The molecule has 0 aliphatic heterocycles. The van der Waals surface area contributed by atoms with Gasteiger partial charge in [0, 0.05) is 6.04 Å². The van der Waals surface area contributed by atoms with Crippen LogP contribution in [0, 0.1) is 11.8 Å². The lowest BCUT2D eigenvalue weighted by atomic mass is 9.92. The Labute approximate surface area is 111 Å². The average Bonchev–Trinajstić information content (AvgIpc) is 2.74. The lowest BCUT2D eigenvalue weighted by molar-refractivity contribution is 0.242. The molecule has 0 bridgehead atoms. The Bertz CT molecular complexity index is 388. The molecule has 0 spiro atoms. The quantitative estimate of drug-likeness (QED) is 0.875. The van der Waals surface area contributed by atoms with Gasteiger partial charge in [0.15, 0.2) is 0 Å². The molecule has 100 valence electrons. The minimum Gasteiger partial charge on any atom is -0.491 e. The summed E-state index contributed by atoms with van der Waals surface area (Å²) < 4.78 is 5.73. The summed E-state index contributed by atoms with van der Waals surface area (Å²) in [6.45, 7) is 6.42. The molecule has 0 radical (unpaired) electrons. The van der Waals surface area contributed by atoms with Crippen LogP contribution >= 0.6 is 0 Å². The summed E-state index contributed by atoms with van der Waals surface area (Å²) in [5.41, 5.74) is 7.62. The summed E-state index contributed by atoms with van der Waals surface area (Å²) in [6.07, 6.45) is 4.05. The Kier molecular flexibility index (Phi) is 4.28. The zero-order chi connectivity index (χ0) is 13.1. The third kappa shape index (κ3) is 3.26. The van der Waals surface area contributed by atoms with Crippen molar-refractivity contribution in [3.63, 3.8) is 0 Å². The monoisotopic (exact) mass is 247 g/mol. The maximum atomic E-state index is 6.41. The van der Waals surface area contributed by atoms with Gasteiger partial charge in [0.2, 0.25) is 0 Å². The van der Waals surface area contributed by atoms with Crippen molar-refractivity contribution in [1.82, 2.24) is 0 Å². The number of nitrogens with two attached hydrogens (primary N) is 1. The van der Waals surface area contributed by atoms with Crippen LogP contribution in [0.15, 0.2) is 24.3 Å². The molecule has 18 heavy (non-hydrogen) atoms. The fraction of sp³-hybridized carbons (Fsp3) is 0.625. The first kappa shape index (κ1) is 13.4. The van der Waals surface area contributed by atoms with Crippen molar-refractivity contribution in [2.75, 3.05) is 0 Å². The van der Waals surface area contributed by atoms with E-state index in [0.717, 1.165) is 11.7 Å². The van der Waals surface area contributed by atoms with Gasteiger partial charge >= 0.3 is 0 Å². The van der Waals surface area contributed by atoms with Crippen LogP contribution in [0.2, 0.25) is 0 Å². The molecular weight excluding hydrogens is 222 g/mol. The number of hydrogen-bond acceptors (Lipinski definition) is 2. The maximum absolute atomic E-state index is 6.41. The Balaban J connectivity index is 2.07. The van der Waals surface area contributed by atoms with Gasteiger partial charge in [0.05, 0.1) is 6.10 Å². The predicted molar refractivity (Wildman–Crippen MR) is 75.6 cm³/mol. The van der Waals surface area contributed by atoms with Gasteiger partial charge in [-0.2, -0.15) is 0 Å². The van der Waals surface area contributed by atoms with Crippen molar-refractivity contribution in [1.29, 1.82) is 0 Å². The molecule has 3 unspecified atom stereocenters. The van der Waals surface area contributed by atoms with Gasteiger partial charge in [-0.1, -0.05) is 25.5 Å². The van der Waals surface area contributed by atoms with E-state index >= 15 is 0 Å². The zero-order valence-electron chi connectivity index (χ0n) is 11.7. The van der Waals surface area contributed by atoms with Crippen LogP contribution in [0.1, 0.15) is 51.6 Å². The van der Waals surface area contributed by atoms with Gasteiger partial charge in [-0.05, 0) is 56.2 Å². The number of benzene rings is 1. The Morgan fingerprint density at radius 3 is 2.67 bits per heavy atom. The smallest absolute Gasteiger partial charge is 0.120 e. The number of ether oxygens (including phenoxy) is 1. The fourth-order valence-corrected chi connectivity index (χ4v) is 2.92. The SMILES string of the molecule is CC1CCC(C(N)c2cccc(OC(C)C)c2)C1. The molecule has 1 fully saturated rings. The molecule has 1 aliphatic carbocycles. The Morgan fingerprint density at radius 2 is 2.06 bits per heavy atom. The molecular formula is C16H25NO. The first-order chi connectivity index (χ1) is 8.56. The van der Waals surface area contributed by atoms with Gasteiger partial charge in [-0.25, -0.2) is 0 Å². The first-order valence-electron chi connectivity index (χ1n) is 7.08. The summed E-state index contributed by atoms with van der Waals surface area (Å²) >= 11 is 0.